The van der Waals surface area contributed by atoms with Crippen molar-refractivity contribution in [3.05, 3.63) is 46.4 Å². The molecule has 2 heteroatoms. The molecular formula is C15H16BrN. The smallest absolute Gasteiger partial charge is 0.0352 e. The molecule has 0 aromatic heterocycles. The fourth-order valence-corrected chi connectivity index (χ4v) is 3.11. The summed E-state index contributed by atoms with van der Waals surface area (Å²) in [6.07, 6.45) is 2.71. The number of hydrogen-bond acceptors (Lipinski definition) is 1. The van der Waals surface area contributed by atoms with Crippen molar-refractivity contribution < 1.29 is 0 Å². The number of benzene rings is 2. The van der Waals surface area contributed by atoms with Gasteiger partial charge in [-0.25, -0.2) is 0 Å². The van der Waals surface area contributed by atoms with Crippen molar-refractivity contribution >= 4 is 26.7 Å². The molecule has 1 atom stereocenters. The lowest BCUT2D eigenvalue weighted by Gasteiger charge is -2.18. The highest BCUT2D eigenvalue weighted by Gasteiger charge is 2.32. The quantitative estimate of drug-likeness (QED) is 0.890. The van der Waals surface area contributed by atoms with Crippen molar-refractivity contribution in [2.24, 2.45) is 5.92 Å². The summed E-state index contributed by atoms with van der Waals surface area (Å²) < 4.78 is 1.18. The molecule has 0 saturated heterocycles. The minimum atomic E-state index is 0.507. The molecule has 2 aromatic rings. The second kappa shape index (κ2) is 4.43. The third kappa shape index (κ3) is 2.00. The van der Waals surface area contributed by atoms with Crippen LogP contribution in [0.25, 0.3) is 10.8 Å². The molecule has 0 aliphatic heterocycles. The van der Waals surface area contributed by atoms with Crippen molar-refractivity contribution in [1.82, 2.24) is 5.32 Å². The van der Waals surface area contributed by atoms with E-state index in [9.17, 15) is 0 Å². The Bertz CT molecular complexity index is 546. The van der Waals surface area contributed by atoms with Crippen LogP contribution in [-0.2, 0) is 0 Å². The first-order chi connectivity index (χ1) is 8.31. The van der Waals surface area contributed by atoms with E-state index in [4.69, 9.17) is 0 Å². The molecule has 88 valence electrons. The fraction of sp³-hybridized carbons (Fsp3) is 0.333. The zero-order chi connectivity index (χ0) is 11.8. The Kier molecular flexibility index (Phi) is 2.93. The van der Waals surface area contributed by atoms with Gasteiger partial charge in [0.15, 0.2) is 0 Å². The molecule has 0 bridgehead atoms. The van der Waals surface area contributed by atoms with Crippen LogP contribution in [0.1, 0.15) is 24.4 Å². The van der Waals surface area contributed by atoms with Crippen LogP contribution in [0.3, 0.4) is 0 Å². The summed E-state index contributed by atoms with van der Waals surface area (Å²) >= 11 is 3.63. The van der Waals surface area contributed by atoms with Crippen molar-refractivity contribution in [3.8, 4) is 0 Å². The minimum absolute atomic E-state index is 0.507. The van der Waals surface area contributed by atoms with E-state index in [1.54, 1.807) is 0 Å². The normalized spacial score (nSPS) is 17.3. The predicted octanol–water partition coefficient (Wildman–Crippen LogP) is 4.27. The summed E-state index contributed by atoms with van der Waals surface area (Å²) in [6.45, 7) is 0. The lowest BCUT2D eigenvalue weighted by Crippen LogP contribution is -2.18. The molecule has 3 rings (SSSR count). The molecule has 1 saturated carbocycles. The van der Waals surface area contributed by atoms with Gasteiger partial charge in [0.05, 0.1) is 0 Å². The largest absolute Gasteiger partial charge is 0.313 e. The summed E-state index contributed by atoms with van der Waals surface area (Å²) in [7, 11) is 2.07. The van der Waals surface area contributed by atoms with Crippen molar-refractivity contribution in [1.29, 1.82) is 0 Å². The molecule has 1 aliphatic carbocycles. The second-order valence-corrected chi connectivity index (χ2v) is 5.64. The second-order valence-electron chi connectivity index (χ2n) is 4.79. The number of fused-ring (bicyclic) bond motifs is 1. The summed E-state index contributed by atoms with van der Waals surface area (Å²) in [5.41, 5.74) is 1.44. The topological polar surface area (TPSA) is 12.0 Å². The van der Waals surface area contributed by atoms with Crippen molar-refractivity contribution in [3.63, 3.8) is 0 Å². The van der Waals surface area contributed by atoms with Gasteiger partial charge in [-0.3, -0.25) is 0 Å². The molecule has 2 aromatic carbocycles. The van der Waals surface area contributed by atoms with Crippen LogP contribution in [-0.4, -0.2) is 7.05 Å². The maximum absolute atomic E-state index is 3.63. The first-order valence-electron chi connectivity index (χ1n) is 6.15. The fourth-order valence-electron chi connectivity index (χ4n) is 2.63. The van der Waals surface area contributed by atoms with Crippen molar-refractivity contribution in [2.45, 2.75) is 18.9 Å². The molecule has 1 N–H and O–H groups in total. The Balaban J connectivity index is 2.18. The Morgan fingerprint density at radius 2 is 1.82 bits per heavy atom. The van der Waals surface area contributed by atoms with E-state index in [0.29, 0.717) is 6.04 Å². The zero-order valence-electron chi connectivity index (χ0n) is 9.91. The predicted molar refractivity (Wildman–Crippen MR) is 76.2 cm³/mol. The van der Waals surface area contributed by atoms with Crippen LogP contribution in [0, 0.1) is 5.92 Å². The maximum Gasteiger partial charge on any atom is 0.0352 e. The van der Waals surface area contributed by atoms with Gasteiger partial charge in [0.2, 0.25) is 0 Å². The van der Waals surface area contributed by atoms with Crippen LogP contribution in [0.15, 0.2) is 40.9 Å². The van der Waals surface area contributed by atoms with Crippen LogP contribution >= 0.6 is 15.9 Å². The van der Waals surface area contributed by atoms with Gasteiger partial charge in [-0.1, -0.05) is 46.3 Å². The minimum Gasteiger partial charge on any atom is -0.313 e. The van der Waals surface area contributed by atoms with Gasteiger partial charge in [0.1, 0.15) is 0 Å². The molecule has 1 aliphatic rings. The van der Waals surface area contributed by atoms with E-state index in [1.165, 1.54) is 33.7 Å². The first-order valence-corrected chi connectivity index (χ1v) is 6.95. The average molecular weight is 290 g/mol. The monoisotopic (exact) mass is 289 g/mol. The third-order valence-electron chi connectivity index (χ3n) is 3.64. The highest BCUT2D eigenvalue weighted by molar-refractivity contribution is 9.10. The van der Waals surface area contributed by atoms with E-state index in [0.717, 1.165) is 5.92 Å². The molecule has 0 amide bonds. The van der Waals surface area contributed by atoms with Gasteiger partial charge in [-0.2, -0.15) is 0 Å². The van der Waals surface area contributed by atoms with Gasteiger partial charge in [-0.15, -0.1) is 0 Å². The summed E-state index contributed by atoms with van der Waals surface area (Å²) in [6, 6.07) is 13.6. The number of nitrogens with one attached hydrogen (secondary N) is 1. The highest BCUT2D eigenvalue weighted by Crippen LogP contribution is 2.43. The molecule has 1 fully saturated rings. The van der Waals surface area contributed by atoms with E-state index >= 15 is 0 Å². The van der Waals surface area contributed by atoms with Gasteiger partial charge in [0.25, 0.3) is 0 Å². The Morgan fingerprint density at radius 3 is 2.47 bits per heavy atom. The van der Waals surface area contributed by atoms with Gasteiger partial charge < -0.3 is 5.32 Å². The summed E-state index contributed by atoms with van der Waals surface area (Å²) in [5.74, 6) is 0.824. The van der Waals surface area contributed by atoms with Gasteiger partial charge in [-0.05, 0) is 48.2 Å². The van der Waals surface area contributed by atoms with Crippen LogP contribution in [0.4, 0.5) is 0 Å². The number of rotatable bonds is 3. The van der Waals surface area contributed by atoms with Crippen LogP contribution < -0.4 is 5.32 Å². The Morgan fingerprint density at radius 1 is 1.12 bits per heavy atom. The van der Waals surface area contributed by atoms with E-state index in [2.05, 4.69) is 64.7 Å². The lowest BCUT2D eigenvalue weighted by molar-refractivity contribution is 0.532. The van der Waals surface area contributed by atoms with Crippen LogP contribution in [0.2, 0.25) is 0 Å². The summed E-state index contributed by atoms with van der Waals surface area (Å²) in [4.78, 5) is 0. The van der Waals surface area contributed by atoms with Crippen LogP contribution in [0.5, 0.6) is 0 Å². The van der Waals surface area contributed by atoms with Gasteiger partial charge >= 0.3 is 0 Å². The molecule has 1 nitrogen and oxygen atoms in total. The lowest BCUT2D eigenvalue weighted by atomic mass is 9.96. The van der Waals surface area contributed by atoms with E-state index in [1.807, 2.05) is 0 Å². The maximum atomic E-state index is 3.63. The highest BCUT2D eigenvalue weighted by atomic mass is 79.9. The molecule has 0 spiro atoms. The van der Waals surface area contributed by atoms with E-state index < -0.39 is 0 Å². The zero-order valence-corrected chi connectivity index (χ0v) is 11.5. The molecule has 17 heavy (non-hydrogen) atoms. The molecule has 1 unspecified atom stereocenters. The SMILES string of the molecule is CNC(c1ccc(Br)c2ccccc12)C1CC1. The Hall–Kier alpha value is -0.860. The first kappa shape index (κ1) is 11.2. The number of halogens is 1. The number of hydrogen-bond donors (Lipinski definition) is 1. The van der Waals surface area contributed by atoms with E-state index in [-0.39, 0.29) is 0 Å². The standard InChI is InChI=1S/C15H16BrN/c1-17-15(10-6-7-10)13-8-9-14(16)12-5-3-2-4-11(12)13/h2-5,8-10,15,17H,6-7H2,1H3. The van der Waals surface area contributed by atoms with Crippen molar-refractivity contribution in [2.75, 3.05) is 7.05 Å². The molecule has 0 heterocycles. The molecular weight excluding hydrogens is 274 g/mol. The average Bonchev–Trinajstić information content (AvgIpc) is 3.18. The summed E-state index contributed by atoms with van der Waals surface area (Å²) in [5, 5.41) is 6.16. The third-order valence-corrected chi connectivity index (χ3v) is 4.34. The molecule has 0 radical (unpaired) electrons. The Labute approximate surface area is 110 Å². The van der Waals surface area contributed by atoms with Gasteiger partial charge in [0, 0.05) is 10.5 Å².